The van der Waals surface area contributed by atoms with Crippen molar-refractivity contribution in [3.8, 4) is 0 Å². The van der Waals surface area contributed by atoms with Crippen LogP contribution in [0.15, 0.2) is 15.9 Å². The van der Waals surface area contributed by atoms with Crippen LogP contribution >= 0.6 is 27.3 Å². The summed E-state index contributed by atoms with van der Waals surface area (Å²) in [6.45, 7) is 5.28. The summed E-state index contributed by atoms with van der Waals surface area (Å²) >= 11 is 5.44. The van der Waals surface area contributed by atoms with E-state index in [0.717, 1.165) is 32.0 Å². The normalized spacial score (nSPS) is 30.9. The highest BCUT2D eigenvalue weighted by Gasteiger charge is 2.50. The van der Waals surface area contributed by atoms with E-state index in [-0.39, 0.29) is 0 Å². The van der Waals surface area contributed by atoms with Gasteiger partial charge in [-0.2, -0.15) is 0 Å². The zero-order chi connectivity index (χ0) is 13.3. The van der Waals surface area contributed by atoms with Crippen LogP contribution in [0.5, 0.6) is 0 Å². The molecule has 2 unspecified atom stereocenters. The Hall–Kier alpha value is 0.1000. The van der Waals surface area contributed by atoms with Gasteiger partial charge < -0.3 is 10.1 Å². The first kappa shape index (κ1) is 14.1. The second kappa shape index (κ2) is 5.84. The van der Waals surface area contributed by atoms with Crippen LogP contribution < -0.4 is 5.32 Å². The Morgan fingerprint density at radius 2 is 2.37 bits per heavy atom. The van der Waals surface area contributed by atoms with Crippen LogP contribution in [0.3, 0.4) is 0 Å². The zero-order valence-electron chi connectivity index (χ0n) is 11.5. The first-order valence-corrected chi connectivity index (χ1v) is 8.96. The summed E-state index contributed by atoms with van der Waals surface area (Å²) in [5.74, 6) is 0.824. The Morgan fingerprint density at radius 3 is 3.00 bits per heavy atom. The summed E-state index contributed by atoms with van der Waals surface area (Å²) in [6, 6.07) is 2.28. The lowest BCUT2D eigenvalue weighted by Gasteiger charge is -2.34. The van der Waals surface area contributed by atoms with Crippen molar-refractivity contribution in [3.05, 3.63) is 20.8 Å². The fourth-order valence-corrected chi connectivity index (χ4v) is 4.96. The third kappa shape index (κ3) is 3.07. The van der Waals surface area contributed by atoms with Crippen molar-refractivity contribution < 1.29 is 4.74 Å². The van der Waals surface area contributed by atoms with Crippen LogP contribution in [0.1, 0.15) is 31.1 Å². The van der Waals surface area contributed by atoms with Gasteiger partial charge in [-0.15, -0.1) is 11.3 Å². The van der Waals surface area contributed by atoms with E-state index in [0.29, 0.717) is 11.5 Å². The molecule has 2 atom stereocenters. The van der Waals surface area contributed by atoms with Crippen molar-refractivity contribution in [3.63, 3.8) is 0 Å². The van der Waals surface area contributed by atoms with Crippen molar-refractivity contribution in [2.75, 3.05) is 19.7 Å². The lowest BCUT2D eigenvalue weighted by molar-refractivity contribution is 0.0312. The first-order chi connectivity index (χ1) is 9.23. The van der Waals surface area contributed by atoms with E-state index in [9.17, 15) is 0 Å². The summed E-state index contributed by atoms with van der Waals surface area (Å²) in [4.78, 5) is 1.49. The summed E-state index contributed by atoms with van der Waals surface area (Å²) in [7, 11) is 0. The maximum absolute atomic E-state index is 6.12. The van der Waals surface area contributed by atoms with Crippen LogP contribution in [0.4, 0.5) is 0 Å². The highest BCUT2D eigenvalue weighted by atomic mass is 79.9. The summed E-state index contributed by atoms with van der Waals surface area (Å²) < 4.78 is 7.34. The van der Waals surface area contributed by atoms with Crippen LogP contribution in [0.25, 0.3) is 0 Å². The van der Waals surface area contributed by atoms with Crippen LogP contribution in [0.2, 0.25) is 0 Å². The number of nitrogens with one attached hydrogen (secondary N) is 1. The minimum atomic E-state index is 0.321. The van der Waals surface area contributed by atoms with Crippen molar-refractivity contribution in [2.24, 2.45) is 11.3 Å². The van der Waals surface area contributed by atoms with Gasteiger partial charge in [0.2, 0.25) is 0 Å². The molecule has 3 rings (SSSR count). The van der Waals surface area contributed by atoms with Gasteiger partial charge in [-0.05, 0) is 60.1 Å². The SMILES string of the molecule is CCNCC1(Cc2cc(Br)cs2)CCOC1C1CC1. The molecule has 2 fully saturated rings. The summed E-state index contributed by atoms with van der Waals surface area (Å²) in [5, 5.41) is 5.78. The van der Waals surface area contributed by atoms with Crippen molar-refractivity contribution in [2.45, 2.75) is 38.7 Å². The number of hydrogen-bond donors (Lipinski definition) is 1. The largest absolute Gasteiger partial charge is 0.377 e. The fraction of sp³-hybridized carbons (Fsp3) is 0.733. The molecule has 1 aromatic heterocycles. The van der Waals surface area contributed by atoms with E-state index in [1.54, 1.807) is 0 Å². The molecule has 1 aliphatic heterocycles. The Labute approximate surface area is 128 Å². The van der Waals surface area contributed by atoms with Crippen LogP contribution in [0, 0.1) is 11.3 Å². The lowest BCUT2D eigenvalue weighted by Crippen LogP contribution is -2.43. The van der Waals surface area contributed by atoms with Gasteiger partial charge in [0.15, 0.2) is 0 Å². The molecular weight excluding hydrogens is 322 g/mol. The number of thiophene rings is 1. The fourth-order valence-electron chi connectivity index (χ4n) is 3.35. The molecule has 106 valence electrons. The molecule has 0 bridgehead atoms. The first-order valence-electron chi connectivity index (χ1n) is 7.29. The monoisotopic (exact) mass is 343 g/mol. The summed E-state index contributed by atoms with van der Waals surface area (Å²) in [6.07, 6.45) is 5.58. The molecule has 4 heteroatoms. The van der Waals surface area contributed by atoms with E-state index in [2.05, 4.69) is 39.6 Å². The van der Waals surface area contributed by atoms with Gasteiger partial charge in [0, 0.05) is 33.3 Å². The standard InChI is InChI=1S/C15H22BrNOS/c1-2-17-10-15(8-13-7-12(16)9-19-13)5-6-18-14(15)11-3-4-11/h7,9,11,14,17H,2-6,8,10H2,1H3. The summed E-state index contributed by atoms with van der Waals surface area (Å²) in [5.41, 5.74) is 0.321. The van der Waals surface area contributed by atoms with Gasteiger partial charge >= 0.3 is 0 Å². The molecule has 1 aromatic rings. The average Bonchev–Trinajstić information content (AvgIpc) is 3.04. The predicted molar refractivity (Wildman–Crippen MR) is 83.8 cm³/mol. The molecule has 2 nitrogen and oxygen atoms in total. The third-order valence-corrected chi connectivity index (χ3v) is 6.12. The minimum Gasteiger partial charge on any atom is -0.377 e. The second-order valence-electron chi connectivity index (χ2n) is 5.93. The van der Waals surface area contributed by atoms with Crippen molar-refractivity contribution >= 4 is 27.3 Å². The molecule has 1 saturated heterocycles. The van der Waals surface area contributed by atoms with Gasteiger partial charge in [0.1, 0.15) is 0 Å². The highest BCUT2D eigenvalue weighted by Crippen LogP contribution is 2.49. The minimum absolute atomic E-state index is 0.321. The van der Waals surface area contributed by atoms with E-state index in [4.69, 9.17) is 4.74 Å². The number of halogens is 1. The van der Waals surface area contributed by atoms with Gasteiger partial charge in [0.05, 0.1) is 6.10 Å². The number of ether oxygens (including phenoxy) is 1. The average molecular weight is 344 g/mol. The second-order valence-corrected chi connectivity index (χ2v) is 7.84. The maximum Gasteiger partial charge on any atom is 0.0675 e. The number of rotatable bonds is 6. The maximum atomic E-state index is 6.12. The third-order valence-electron chi connectivity index (χ3n) is 4.43. The molecule has 19 heavy (non-hydrogen) atoms. The van der Waals surface area contributed by atoms with Crippen molar-refractivity contribution in [1.29, 1.82) is 0 Å². The van der Waals surface area contributed by atoms with Gasteiger partial charge in [-0.3, -0.25) is 0 Å². The van der Waals surface area contributed by atoms with Gasteiger partial charge in [-0.1, -0.05) is 6.92 Å². The Kier molecular flexibility index (Phi) is 4.32. The Morgan fingerprint density at radius 1 is 1.53 bits per heavy atom. The van der Waals surface area contributed by atoms with E-state index in [1.807, 2.05) is 11.3 Å². The highest BCUT2D eigenvalue weighted by molar-refractivity contribution is 9.10. The smallest absolute Gasteiger partial charge is 0.0675 e. The lowest BCUT2D eigenvalue weighted by atomic mass is 9.75. The number of hydrogen-bond acceptors (Lipinski definition) is 3. The predicted octanol–water partition coefficient (Wildman–Crippen LogP) is 3.85. The molecule has 2 aliphatic rings. The van der Waals surface area contributed by atoms with E-state index >= 15 is 0 Å². The molecule has 1 N–H and O–H groups in total. The molecule has 0 radical (unpaired) electrons. The van der Waals surface area contributed by atoms with Gasteiger partial charge in [-0.25, -0.2) is 0 Å². The van der Waals surface area contributed by atoms with Crippen LogP contribution in [-0.2, 0) is 11.2 Å². The molecule has 2 heterocycles. The van der Waals surface area contributed by atoms with E-state index in [1.165, 1.54) is 28.6 Å². The molecule has 0 amide bonds. The zero-order valence-corrected chi connectivity index (χ0v) is 13.9. The molecule has 0 aromatic carbocycles. The van der Waals surface area contributed by atoms with Crippen LogP contribution in [-0.4, -0.2) is 25.8 Å². The van der Waals surface area contributed by atoms with Crippen molar-refractivity contribution in [1.82, 2.24) is 5.32 Å². The molecule has 1 aliphatic carbocycles. The Balaban J connectivity index is 1.78. The Bertz CT molecular complexity index is 432. The molecule has 0 spiro atoms. The topological polar surface area (TPSA) is 21.3 Å². The molecular formula is C15H22BrNOS. The quantitative estimate of drug-likeness (QED) is 0.846. The molecule has 1 saturated carbocycles. The van der Waals surface area contributed by atoms with E-state index < -0.39 is 0 Å². The van der Waals surface area contributed by atoms with Gasteiger partial charge in [0.25, 0.3) is 0 Å².